The summed E-state index contributed by atoms with van der Waals surface area (Å²) in [6.07, 6.45) is 0. The van der Waals surface area contributed by atoms with E-state index in [1.165, 1.54) is 0 Å². The Morgan fingerprint density at radius 3 is 2.45 bits per heavy atom. The fourth-order valence-electron chi connectivity index (χ4n) is 2.21. The fraction of sp³-hybridized carbons (Fsp3) is 0.500. The van der Waals surface area contributed by atoms with Crippen LogP contribution < -0.4 is 5.32 Å². The molecule has 0 spiro atoms. The van der Waals surface area contributed by atoms with E-state index >= 15 is 0 Å². The van der Waals surface area contributed by atoms with Gasteiger partial charge in [0.25, 0.3) is 0 Å². The molecule has 20 heavy (non-hydrogen) atoms. The first-order valence-electron chi connectivity index (χ1n) is 6.79. The van der Waals surface area contributed by atoms with E-state index in [0.717, 1.165) is 23.1 Å². The summed E-state index contributed by atoms with van der Waals surface area (Å²) in [7, 11) is 0. The third-order valence-corrected chi connectivity index (χ3v) is 3.96. The Morgan fingerprint density at radius 1 is 1.20 bits per heavy atom. The first-order valence-corrected chi connectivity index (χ1v) is 7.59. The number of halogens is 1. The summed E-state index contributed by atoms with van der Waals surface area (Å²) in [5.41, 5.74) is 1.08. The van der Waals surface area contributed by atoms with Gasteiger partial charge in [-0.15, -0.1) is 0 Å². The van der Waals surface area contributed by atoms with E-state index in [0.29, 0.717) is 26.2 Å². The lowest BCUT2D eigenvalue weighted by Crippen LogP contribution is -2.52. The van der Waals surface area contributed by atoms with E-state index in [9.17, 15) is 4.79 Å². The molecule has 0 saturated carbocycles. The molecule has 1 heterocycles. The van der Waals surface area contributed by atoms with Gasteiger partial charge in [0.05, 0.1) is 6.61 Å². The Morgan fingerprint density at radius 2 is 1.85 bits per heavy atom. The van der Waals surface area contributed by atoms with E-state index < -0.39 is 0 Å². The number of urea groups is 1. The molecule has 1 aliphatic heterocycles. The molecule has 2 amide bonds. The fourth-order valence-corrected chi connectivity index (χ4v) is 2.47. The molecule has 6 heteroatoms. The molecule has 0 atom stereocenters. The lowest BCUT2D eigenvalue weighted by molar-refractivity contribution is 0.122. The smallest absolute Gasteiger partial charge is 0.317 e. The van der Waals surface area contributed by atoms with Crippen molar-refractivity contribution in [1.82, 2.24) is 15.1 Å². The van der Waals surface area contributed by atoms with Crippen LogP contribution in [0.1, 0.15) is 5.56 Å². The molecule has 0 aromatic heterocycles. The molecule has 0 unspecified atom stereocenters. The molecule has 0 aliphatic carbocycles. The van der Waals surface area contributed by atoms with E-state index in [2.05, 4.69) is 26.1 Å². The van der Waals surface area contributed by atoms with E-state index in [1.807, 2.05) is 29.2 Å². The van der Waals surface area contributed by atoms with Crippen LogP contribution in [0.15, 0.2) is 28.7 Å². The van der Waals surface area contributed by atoms with Crippen molar-refractivity contribution < 1.29 is 9.90 Å². The molecule has 110 valence electrons. The number of amides is 2. The molecule has 2 rings (SSSR count). The summed E-state index contributed by atoms with van der Waals surface area (Å²) in [5, 5.41) is 11.8. The lowest BCUT2D eigenvalue weighted by atomic mass is 10.2. The van der Waals surface area contributed by atoms with Gasteiger partial charge in [-0.05, 0) is 17.7 Å². The van der Waals surface area contributed by atoms with Crippen molar-refractivity contribution in [2.45, 2.75) is 6.54 Å². The van der Waals surface area contributed by atoms with Crippen molar-refractivity contribution in [2.75, 3.05) is 39.3 Å². The normalized spacial score (nSPS) is 16.2. The van der Waals surface area contributed by atoms with Gasteiger partial charge in [0.15, 0.2) is 0 Å². The number of benzene rings is 1. The van der Waals surface area contributed by atoms with Crippen molar-refractivity contribution >= 4 is 22.0 Å². The second-order valence-corrected chi connectivity index (χ2v) is 5.75. The molecule has 1 aromatic rings. The van der Waals surface area contributed by atoms with E-state index in [-0.39, 0.29) is 12.6 Å². The Hall–Kier alpha value is -1.11. The first-order chi connectivity index (χ1) is 9.69. The second kappa shape index (κ2) is 7.61. The average molecular weight is 342 g/mol. The first kappa shape index (κ1) is 15.3. The topological polar surface area (TPSA) is 55.8 Å². The number of β-amino-alcohol motifs (C(OH)–C–C–N with tert-alkyl or cyclic N) is 1. The Labute approximate surface area is 127 Å². The minimum Gasteiger partial charge on any atom is -0.395 e. The van der Waals surface area contributed by atoms with Crippen LogP contribution in [0.4, 0.5) is 4.79 Å². The highest BCUT2D eigenvalue weighted by molar-refractivity contribution is 9.10. The number of aliphatic hydroxyl groups excluding tert-OH is 1. The lowest BCUT2D eigenvalue weighted by Gasteiger charge is -2.34. The number of hydrogen-bond donors (Lipinski definition) is 2. The molecule has 5 nitrogen and oxygen atoms in total. The van der Waals surface area contributed by atoms with Crippen LogP contribution in [0.5, 0.6) is 0 Å². The minimum absolute atomic E-state index is 0.0171. The van der Waals surface area contributed by atoms with Gasteiger partial charge in [0, 0.05) is 43.7 Å². The maximum atomic E-state index is 12.0. The molecular weight excluding hydrogens is 322 g/mol. The number of piperazine rings is 1. The zero-order chi connectivity index (χ0) is 14.4. The Kier molecular flexibility index (Phi) is 5.82. The predicted octanol–water partition coefficient (Wildman–Crippen LogP) is 1.27. The monoisotopic (exact) mass is 341 g/mol. The minimum atomic E-state index is -0.0171. The maximum Gasteiger partial charge on any atom is 0.317 e. The van der Waals surface area contributed by atoms with Crippen molar-refractivity contribution in [3.63, 3.8) is 0 Å². The Balaban J connectivity index is 1.74. The Bertz CT molecular complexity index is 431. The largest absolute Gasteiger partial charge is 0.395 e. The third-order valence-electron chi connectivity index (χ3n) is 3.43. The van der Waals surface area contributed by atoms with Crippen LogP contribution in [-0.4, -0.2) is 60.3 Å². The summed E-state index contributed by atoms with van der Waals surface area (Å²) < 4.78 is 1.03. The van der Waals surface area contributed by atoms with Crippen LogP contribution in [0.3, 0.4) is 0 Å². The van der Waals surface area contributed by atoms with Crippen LogP contribution in [0.2, 0.25) is 0 Å². The standard InChI is InChI=1S/C14H20BrN3O2/c15-13-3-1-12(2-4-13)11-16-14(20)18-7-5-17(6-8-18)9-10-19/h1-4,19H,5-11H2,(H,16,20). The molecule has 1 aromatic carbocycles. The molecule has 1 saturated heterocycles. The van der Waals surface area contributed by atoms with Crippen LogP contribution >= 0.6 is 15.9 Å². The number of aliphatic hydroxyl groups is 1. The summed E-state index contributed by atoms with van der Waals surface area (Å²) in [4.78, 5) is 16.0. The summed E-state index contributed by atoms with van der Waals surface area (Å²) >= 11 is 3.39. The second-order valence-electron chi connectivity index (χ2n) is 4.84. The van der Waals surface area contributed by atoms with Gasteiger partial charge < -0.3 is 15.3 Å². The number of carbonyl (C=O) groups excluding carboxylic acids is 1. The SMILES string of the molecule is O=C(NCc1ccc(Br)cc1)N1CCN(CCO)CC1. The molecule has 2 N–H and O–H groups in total. The van der Waals surface area contributed by atoms with Crippen molar-refractivity contribution in [3.05, 3.63) is 34.3 Å². The summed E-state index contributed by atoms with van der Waals surface area (Å²) in [6.45, 7) is 4.49. The molecule has 0 bridgehead atoms. The zero-order valence-electron chi connectivity index (χ0n) is 11.4. The highest BCUT2D eigenvalue weighted by Gasteiger charge is 2.20. The van der Waals surface area contributed by atoms with Crippen molar-refractivity contribution in [2.24, 2.45) is 0 Å². The predicted molar refractivity (Wildman–Crippen MR) is 81.5 cm³/mol. The highest BCUT2D eigenvalue weighted by Crippen LogP contribution is 2.10. The number of carbonyl (C=O) groups is 1. The van der Waals surface area contributed by atoms with Crippen molar-refractivity contribution in [3.8, 4) is 0 Å². The van der Waals surface area contributed by atoms with E-state index in [4.69, 9.17) is 5.11 Å². The highest BCUT2D eigenvalue weighted by atomic mass is 79.9. The third kappa shape index (κ3) is 4.47. The van der Waals surface area contributed by atoms with Gasteiger partial charge in [0.2, 0.25) is 0 Å². The summed E-state index contributed by atoms with van der Waals surface area (Å²) in [5.74, 6) is 0. The number of hydrogen-bond acceptors (Lipinski definition) is 3. The van der Waals surface area contributed by atoms with Gasteiger partial charge >= 0.3 is 6.03 Å². The molecule has 0 radical (unpaired) electrons. The number of nitrogens with one attached hydrogen (secondary N) is 1. The molecule has 1 aliphatic rings. The number of nitrogens with zero attached hydrogens (tertiary/aromatic N) is 2. The molecular formula is C14H20BrN3O2. The van der Waals surface area contributed by atoms with Gasteiger partial charge in [-0.3, -0.25) is 4.90 Å². The average Bonchev–Trinajstić information content (AvgIpc) is 2.47. The van der Waals surface area contributed by atoms with Gasteiger partial charge in [-0.1, -0.05) is 28.1 Å². The number of rotatable bonds is 4. The van der Waals surface area contributed by atoms with Gasteiger partial charge in [0.1, 0.15) is 0 Å². The summed E-state index contributed by atoms with van der Waals surface area (Å²) in [6, 6.07) is 7.90. The maximum absolute atomic E-state index is 12.0. The van der Waals surface area contributed by atoms with Gasteiger partial charge in [-0.2, -0.15) is 0 Å². The van der Waals surface area contributed by atoms with Crippen LogP contribution in [0.25, 0.3) is 0 Å². The van der Waals surface area contributed by atoms with Gasteiger partial charge in [-0.25, -0.2) is 4.79 Å². The van der Waals surface area contributed by atoms with E-state index in [1.54, 1.807) is 0 Å². The quantitative estimate of drug-likeness (QED) is 0.867. The van der Waals surface area contributed by atoms with Crippen LogP contribution in [-0.2, 0) is 6.54 Å². The zero-order valence-corrected chi connectivity index (χ0v) is 13.0. The van der Waals surface area contributed by atoms with Crippen LogP contribution in [0, 0.1) is 0 Å². The molecule has 1 fully saturated rings. The van der Waals surface area contributed by atoms with Crippen molar-refractivity contribution in [1.29, 1.82) is 0 Å².